The second kappa shape index (κ2) is 8.52. The average Bonchev–Trinajstić information content (AvgIpc) is 2.59. The van der Waals surface area contributed by atoms with E-state index in [-0.39, 0.29) is 36.9 Å². The van der Waals surface area contributed by atoms with Gasteiger partial charge in [-0.2, -0.15) is 0 Å². The van der Waals surface area contributed by atoms with Crippen LogP contribution in [-0.4, -0.2) is 18.8 Å². The number of halogens is 4. The molecule has 4 nitrogen and oxygen atoms in total. The number of rotatable bonds is 4. The number of nitrogen functional groups attached to an aromatic ring is 1. The molecule has 0 atom stereocenters. The fourth-order valence-electron chi connectivity index (χ4n) is 3.22. The number of hydrogen-bond acceptors (Lipinski definition) is 3. The highest BCUT2D eigenvalue weighted by atomic mass is 35.5. The van der Waals surface area contributed by atoms with Crippen LogP contribution >= 0.6 is 12.4 Å². The monoisotopic (exact) mass is 400 g/mol. The molecule has 0 spiro atoms. The van der Waals surface area contributed by atoms with Gasteiger partial charge < -0.3 is 15.4 Å². The molecular weight excluding hydrogens is 381 g/mol. The molecule has 0 saturated heterocycles. The first kappa shape index (κ1) is 20.9. The third-order valence-electron chi connectivity index (χ3n) is 4.39. The van der Waals surface area contributed by atoms with Gasteiger partial charge in [0.1, 0.15) is 5.75 Å². The molecule has 0 unspecified atom stereocenters. The van der Waals surface area contributed by atoms with Crippen LogP contribution in [-0.2, 0) is 17.6 Å². The largest absolute Gasteiger partial charge is 0.573 e. The molecule has 1 aliphatic heterocycles. The van der Waals surface area contributed by atoms with E-state index in [1.165, 1.54) is 18.2 Å². The van der Waals surface area contributed by atoms with Crippen molar-refractivity contribution in [3.8, 4) is 5.75 Å². The minimum absolute atomic E-state index is 0. The fourth-order valence-corrected chi connectivity index (χ4v) is 3.22. The van der Waals surface area contributed by atoms with E-state index in [0.717, 1.165) is 24.1 Å². The van der Waals surface area contributed by atoms with Crippen molar-refractivity contribution in [2.75, 3.05) is 17.2 Å². The quantitative estimate of drug-likeness (QED) is 0.769. The minimum Gasteiger partial charge on any atom is -0.406 e. The number of amides is 1. The van der Waals surface area contributed by atoms with E-state index < -0.39 is 6.36 Å². The SMILES string of the molecule is Cl.Nc1cccc2c1CCCN2C(=O)CCc1ccccc1OC(F)(F)F. The van der Waals surface area contributed by atoms with Crippen LogP contribution in [0, 0.1) is 0 Å². The van der Waals surface area contributed by atoms with E-state index in [4.69, 9.17) is 5.73 Å². The van der Waals surface area contributed by atoms with Crippen LogP contribution in [0.1, 0.15) is 24.0 Å². The smallest absolute Gasteiger partial charge is 0.406 e. The van der Waals surface area contributed by atoms with Crippen molar-refractivity contribution in [2.45, 2.75) is 32.0 Å². The third kappa shape index (κ3) is 5.07. The van der Waals surface area contributed by atoms with Crippen LogP contribution in [0.2, 0.25) is 0 Å². The van der Waals surface area contributed by atoms with Crippen molar-refractivity contribution in [3.05, 3.63) is 53.6 Å². The maximum Gasteiger partial charge on any atom is 0.573 e. The first-order valence-electron chi connectivity index (χ1n) is 8.36. The Hall–Kier alpha value is -2.41. The molecule has 0 fully saturated rings. The number of nitrogens with zero attached hydrogens (tertiary/aromatic N) is 1. The number of hydrogen-bond donors (Lipinski definition) is 1. The zero-order valence-corrected chi connectivity index (χ0v) is 15.3. The van der Waals surface area contributed by atoms with Gasteiger partial charge in [-0.25, -0.2) is 0 Å². The number of anilines is 2. The number of carbonyl (C=O) groups excluding carboxylic acids is 1. The van der Waals surface area contributed by atoms with Crippen LogP contribution in [0.15, 0.2) is 42.5 Å². The predicted molar refractivity (Wildman–Crippen MR) is 100 cm³/mol. The summed E-state index contributed by atoms with van der Waals surface area (Å²) in [6.45, 7) is 0.579. The van der Waals surface area contributed by atoms with Gasteiger partial charge in [-0.05, 0) is 48.6 Å². The lowest BCUT2D eigenvalue weighted by Crippen LogP contribution is -2.35. The topological polar surface area (TPSA) is 55.6 Å². The fraction of sp³-hybridized carbons (Fsp3) is 0.316. The molecule has 3 rings (SSSR count). The summed E-state index contributed by atoms with van der Waals surface area (Å²) in [6.07, 6.45) is -2.88. The standard InChI is InChI=1S/C19H19F3N2O2.ClH/c20-19(21,22)26-17-9-2-1-5-13(17)10-11-18(25)24-12-4-6-14-15(23)7-3-8-16(14)24;/h1-3,5,7-9H,4,6,10-12,23H2;1H. The Morgan fingerprint density at radius 2 is 1.89 bits per heavy atom. The van der Waals surface area contributed by atoms with Crippen LogP contribution < -0.4 is 15.4 Å². The first-order valence-corrected chi connectivity index (χ1v) is 8.36. The maximum atomic E-state index is 12.7. The van der Waals surface area contributed by atoms with Crippen molar-refractivity contribution in [3.63, 3.8) is 0 Å². The summed E-state index contributed by atoms with van der Waals surface area (Å²) in [6, 6.07) is 11.3. The van der Waals surface area contributed by atoms with Crippen LogP contribution in [0.5, 0.6) is 5.75 Å². The van der Waals surface area contributed by atoms with E-state index >= 15 is 0 Å². The molecule has 0 aromatic heterocycles. The predicted octanol–water partition coefficient (Wildman–Crippen LogP) is 4.50. The summed E-state index contributed by atoms with van der Waals surface area (Å²) in [5.41, 5.74) is 8.74. The van der Waals surface area contributed by atoms with Crippen LogP contribution in [0.4, 0.5) is 24.5 Å². The van der Waals surface area contributed by atoms with Crippen molar-refractivity contribution >= 4 is 29.7 Å². The molecule has 2 aromatic carbocycles. The molecule has 0 aliphatic carbocycles. The molecule has 2 N–H and O–H groups in total. The molecule has 146 valence electrons. The molecule has 1 aliphatic rings. The number of aryl methyl sites for hydroxylation is 1. The molecule has 0 bridgehead atoms. The van der Waals surface area contributed by atoms with Crippen molar-refractivity contribution in [1.82, 2.24) is 0 Å². The highest BCUT2D eigenvalue weighted by Gasteiger charge is 2.32. The Morgan fingerprint density at radius 1 is 1.15 bits per heavy atom. The number of nitrogens with two attached hydrogens (primary N) is 1. The van der Waals surface area contributed by atoms with Crippen molar-refractivity contribution in [2.24, 2.45) is 0 Å². The molecule has 2 aromatic rings. The summed E-state index contributed by atoms with van der Waals surface area (Å²) in [7, 11) is 0. The normalized spacial score (nSPS) is 13.5. The number of carbonyl (C=O) groups is 1. The lowest BCUT2D eigenvalue weighted by atomic mass is 9.99. The molecule has 27 heavy (non-hydrogen) atoms. The van der Waals surface area contributed by atoms with E-state index in [2.05, 4.69) is 4.74 Å². The molecular formula is C19H20ClF3N2O2. The molecule has 1 amide bonds. The molecule has 8 heteroatoms. The number of para-hydroxylation sites is 1. The van der Waals surface area contributed by atoms with Crippen molar-refractivity contribution in [1.29, 1.82) is 0 Å². The van der Waals surface area contributed by atoms with Gasteiger partial charge in [0, 0.05) is 24.3 Å². The zero-order valence-electron chi connectivity index (χ0n) is 14.5. The Kier molecular flexibility index (Phi) is 6.59. The summed E-state index contributed by atoms with van der Waals surface area (Å²) >= 11 is 0. The summed E-state index contributed by atoms with van der Waals surface area (Å²) < 4.78 is 41.6. The van der Waals surface area contributed by atoms with Crippen molar-refractivity contribution < 1.29 is 22.7 Å². The van der Waals surface area contributed by atoms with Gasteiger partial charge in [0.25, 0.3) is 0 Å². The Morgan fingerprint density at radius 3 is 2.63 bits per heavy atom. The summed E-state index contributed by atoms with van der Waals surface area (Å²) in [5, 5.41) is 0. The molecule has 1 heterocycles. The van der Waals surface area contributed by atoms with Gasteiger partial charge >= 0.3 is 6.36 Å². The molecule has 0 saturated carbocycles. The third-order valence-corrected chi connectivity index (χ3v) is 4.39. The Balaban J connectivity index is 0.00000261. The number of alkyl halides is 3. The van der Waals surface area contributed by atoms with Gasteiger partial charge in [-0.3, -0.25) is 4.79 Å². The van der Waals surface area contributed by atoms with Gasteiger partial charge in [0.2, 0.25) is 5.91 Å². The minimum atomic E-state index is -4.76. The van der Waals surface area contributed by atoms with Gasteiger partial charge in [-0.15, -0.1) is 25.6 Å². The Bertz CT molecular complexity index is 812. The first-order chi connectivity index (χ1) is 12.3. The van der Waals surface area contributed by atoms with E-state index in [9.17, 15) is 18.0 Å². The molecule has 0 radical (unpaired) electrons. The zero-order chi connectivity index (χ0) is 18.7. The lowest BCUT2D eigenvalue weighted by Gasteiger charge is -2.30. The maximum absolute atomic E-state index is 12.7. The summed E-state index contributed by atoms with van der Waals surface area (Å²) in [5.74, 6) is -0.408. The average molecular weight is 401 g/mol. The highest BCUT2D eigenvalue weighted by molar-refractivity contribution is 5.95. The lowest BCUT2D eigenvalue weighted by molar-refractivity contribution is -0.274. The highest BCUT2D eigenvalue weighted by Crippen LogP contribution is 2.32. The number of benzene rings is 2. The van der Waals surface area contributed by atoms with Crippen LogP contribution in [0.25, 0.3) is 0 Å². The second-order valence-corrected chi connectivity index (χ2v) is 6.15. The van der Waals surface area contributed by atoms with Gasteiger partial charge in [0.05, 0.1) is 0 Å². The second-order valence-electron chi connectivity index (χ2n) is 6.15. The Labute approximate surface area is 161 Å². The van der Waals surface area contributed by atoms with E-state index in [0.29, 0.717) is 17.8 Å². The summed E-state index contributed by atoms with van der Waals surface area (Å²) in [4.78, 5) is 14.3. The van der Waals surface area contributed by atoms with Gasteiger partial charge in [-0.1, -0.05) is 24.3 Å². The van der Waals surface area contributed by atoms with E-state index in [1.807, 2.05) is 6.07 Å². The van der Waals surface area contributed by atoms with Crippen LogP contribution in [0.3, 0.4) is 0 Å². The van der Waals surface area contributed by atoms with E-state index in [1.54, 1.807) is 23.1 Å². The number of fused-ring (bicyclic) bond motifs is 1. The van der Waals surface area contributed by atoms with Gasteiger partial charge in [0.15, 0.2) is 0 Å². The number of ether oxygens (including phenoxy) is 1.